The second kappa shape index (κ2) is 8.01. The number of aryl methyl sites for hydroxylation is 1. The number of hydrogen-bond donors (Lipinski definition) is 0. The number of rotatable bonds is 5. The van der Waals surface area contributed by atoms with Gasteiger partial charge in [-0.2, -0.15) is 0 Å². The van der Waals surface area contributed by atoms with Crippen LogP contribution < -0.4 is 0 Å². The van der Waals surface area contributed by atoms with E-state index in [-0.39, 0.29) is 11.3 Å². The molecule has 0 spiro atoms. The Morgan fingerprint density at radius 1 is 1.16 bits per heavy atom. The van der Waals surface area contributed by atoms with Crippen LogP contribution in [0.2, 0.25) is 0 Å². The summed E-state index contributed by atoms with van der Waals surface area (Å²) in [5.74, 6) is 5.67. The molecule has 4 saturated carbocycles. The molecular formula is C27H42N2O2. The Labute approximate surface area is 188 Å². The number of carbonyl (C=O) groups excluding carboxylic acids is 1. The standard InChI is InChI=1S/C27H42N2O2/c1-18-9-12-27(17-31-4)20(15-18)5-6-21-22-7-8-24(26(22,3)11-10-23(21)27)25(30)16-29-14-13-28-19(29)2/h13-14,18,20-24H,5-12,15-17H2,1-4H3. The number of hydrogen-bond acceptors (Lipinski definition) is 3. The van der Waals surface area contributed by atoms with Gasteiger partial charge in [-0.1, -0.05) is 20.3 Å². The van der Waals surface area contributed by atoms with E-state index in [2.05, 4.69) is 18.8 Å². The monoisotopic (exact) mass is 426 g/mol. The number of nitrogens with zero attached hydrogens (tertiary/aromatic N) is 2. The van der Waals surface area contributed by atoms with Gasteiger partial charge in [0.15, 0.2) is 5.78 Å². The normalized spacial score (nSPS) is 44.4. The Kier molecular flexibility index (Phi) is 5.60. The molecular weight excluding hydrogens is 384 g/mol. The van der Waals surface area contributed by atoms with E-state index in [1.807, 2.05) is 31.0 Å². The van der Waals surface area contributed by atoms with Crippen LogP contribution in [-0.2, 0) is 16.1 Å². The number of Topliss-reactive ketones (excluding diaryl/α,β-unsaturated/α-hetero) is 1. The van der Waals surface area contributed by atoms with Crippen molar-refractivity contribution in [2.24, 2.45) is 46.3 Å². The summed E-state index contributed by atoms with van der Waals surface area (Å²) in [7, 11) is 1.92. The highest BCUT2D eigenvalue weighted by Crippen LogP contribution is 2.68. The predicted octanol–water partition coefficient (Wildman–Crippen LogP) is 5.68. The number of ether oxygens (including phenoxy) is 1. The number of fused-ring (bicyclic) bond motifs is 5. The SMILES string of the molecule is COCC12CCC(C)CC1CCC1C3CCC(C(=O)Cn4ccnc4C)C3(C)CCC12. The van der Waals surface area contributed by atoms with Crippen LogP contribution in [0.1, 0.15) is 77.5 Å². The lowest BCUT2D eigenvalue weighted by molar-refractivity contribution is -0.154. The summed E-state index contributed by atoms with van der Waals surface area (Å²) in [5, 5.41) is 0. The average molecular weight is 427 g/mol. The summed E-state index contributed by atoms with van der Waals surface area (Å²) < 4.78 is 7.96. The van der Waals surface area contributed by atoms with Crippen LogP contribution in [0.25, 0.3) is 0 Å². The van der Waals surface area contributed by atoms with Crippen molar-refractivity contribution in [3.63, 3.8) is 0 Å². The maximum atomic E-state index is 13.4. The molecule has 4 heteroatoms. The highest BCUT2D eigenvalue weighted by atomic mass is 16.5. The van der Waals surface area contributed by atoms with Crippen LogP contribution in [0.3, 0.4) is 0 Å². The molecule has 4 aliphatic rings. The van der Waals surface area contributed by atoms with Gasteiger partial charge in [0, 0.05) is 25.4 Å². The molecule has 0 aliphatic heterocycles. The molecule has 0 radical (unpaired) electrons. The van der Waals surface area contributed by atoms with E-state index >= 15 is 0 Å². The first-order chi connectivity index (χ1) is 14.9. The number of carbonyl (C=O) groups is 1. The van der Waals surface area contributed by atoms with Crippen molar-refractivity contribution in [2.45, 2.75) is 85.1 Å². The lowest BCUT2D eigenvalue weighted by atomic mass is 9.44. The average Bonchev–Trinajstić information content (AvgIpc) is 3.31. The van der Waals surface area contributed by atoms with Gasteiger partial charge in [-0.25, -0.2) is 4.98 Å². The van der Waals surface area contributed by atoms with Crippen molar-refractivity contribution in [2.75, 3.05) is 13.7 Å². The zero-order valence-electron chi connectivity index (χ0n) is 20.1. The van der Waals surface area contributed by atoms with Gasteiger partial charge in [0.1, 0.15) is 5.82 Å². The highest BCUT2D eigenvalue weighted by Gasteiger charge is 2.62. The summed E-state index contributed by atoms with van der Waals surface area (Å²) in [5.41, 5.74) is 0.595. The lowest BCUT2D eigenvalue weighted by Crippen LogP contribution is -2.56. The van der Waals surface area contributed by atoms with Gasteiger partial charge in [0.25, 0.3) is 0 Å². The molecule has 0 bridgehead atoms. The molecule has 0 N–H and O–H groups in total. The van der Waals surface area contributed by atoms with E-state index in [9.17, 15) is 4.79 Å². The van der Waals surface area contributed by atoms with Crippen molar-refractivity contribution in [1.82, 2.24) is 9.55 Å². The zero-order chi connectivity index (χ0) is 21.8. The number of ketones is 1. The second-order valence-corrected chi connectivity index (χ2v) is 11.9. The van der Waals surface area contributed by atoms with Crippen molar-refractivity contribution in [3.8, 4) is 0 Å². The van der Waals surface area contributed by atoms with Crippen LogP contribution in [-0.4, -0.2) is 29.1 Å². The van der Waals surface area contributed by atoms with Gasteiger partial charge in [-0.05, 0) is 98.7 Å². The number of imidazole rings is 1. The first-order valence-electron chi connectivity index (χ1n) is 12.9. The summed E-state index contributed by atoms with van der Waals surface area (Å²) in [6.07, 6.45) is 15.5. The molecule has 4 nitrogen and oxygen atoms in total. The van der Waals surface area contributed by atoms with E-state index in [0.29, 0.717) is 17.7 Å². The Hall–Kier alpha value is -1.16. The predicted molar refractivity (Wildman–Crippen MR) is 123 cm³/mol. The van der Waals surface area contributed by atoms with Gasteiger partial charge >= 0.3 is 0 Å². The fourth-order valence-corrected chi connectivity index (χ4v) is 9.19. The van der Waals surface area contributed by atoms with E-state index in [1.165, 1.54) is 51.4 Å². The van der Waals surface area contributed by atoms with Crippen LogP contribution >= 0.6 is 0 Å². The van der Waals surface area contributed by atoms with Gasteiger partial charge in [-0.3, -0.25) is 4.79 Å². The minimum Gasteiger partial charge on any atom is -0.384 e. The lowest BCUT2D eigenvalue weighted by Gasteiger charge is -2.62. The molecule has 8 atom stereocenters. The van der Waals surface area contributed by atoms with Gasteiger partial charge in [0.05, 0.1) is 13.2 Å². The maximum Gasteiger partial charge on any atom is 0.156 e. The third kappa shape index (κ3) is 3.34. The first-order valence-corrected chi connectivity index (χ1v) is 12.9. The quantitative estimate of drug-likeness (QED) is 0.608. The fraction of sp³-hybridized carbons (Fsp3) is 0.852. The highest BCUT2D eigenvalue weighted by molar-refractivity contribution is 5.82. The molecule has 1 aromatic rings. The molecule has 4 fully saturated rings. The minimum atomic E-state index is 0.190. The molecule has 172 valence electrons. The Morgan fingerprint density at radius 2 is 2.00 bits per heavy atom. The smallest absolute Gasteiger partial charge is 0.156 e. The summed E-state index contributed by atoms with van der Waals surface area (Å²) in [6, 6.07) is 0. The van der Waals surface area contributed by atoms with Crippen LogP contribution in [0.4, 0.5) is 0 Å². The molecule has 8 unspecified atom stereocenters. The van der Waals surface area contributed by atoms with Gasteiger partial charge < -0.3 is 9.30 Å². The second-order valence-electron chi connectivity index (χ2n) is 11.9. The molecule has 1 aromatic heterocycles. The van der Waals surface area contributed by atoms with Crippen molar-refractivity contribution < 1.29 is 9.53 Å². The Bertz CT molecular complexity index is 818. The maximum absolute atomic E-state index is 13.4. The van der Waals surface area contributed by atoms with Crippen LogP contribution in [0.5, 0.6) is 0 Å². The van der Waals surface area contributed by atoms with E-state index in [1.54, 1.807) is 0 Å². The first kappa shape index (κ1) is 21.7. The number of methoxy groups -OCH3 is 1. The van der Waals surface area contributed by atoms with E-state index < -0.39 is 0 Å². The zero-order valence-corrected chi connectivity index (χ0v) is 20.1. The molecule has 1 heterocycles. The number of aromatic nitrogens is 2. The minimum absolute atomic E-state index is 0.190. The van der Waals surface area contributed by atoms with Crippen molar-refractivity contribution in [1.29, 1.82) is 0 Å². The molecule has 4 aliphatic carbocycles. The van der Waals surface area contributed by atoms with Crippen molar-refractivity contribution >= 4 is 5.78 Å². The molecule has 31 heavy (non-hydrogen) atoms. The van der Waals surface area contributed by atoms with Gasteiger partial charge in [-0.15, -0.1) is 0 Å². The van der Waals surface area contributed by atoms with Crippen molar-refractivity contribution in [3.05, 3.63) is 18.2 Å². The van der Waals surface area contributed by atoms with Crippen LogP contribution in [0, 0.1) is 53.3 Å². The largest absolute Gasteiger partial charge is 0.384 e. The molecule has 5 rings (SSSR count). The Balaban J connectivity index is 1.38. The third-order valence-electron chi connectivity index (χ3n) is 10.7. The molecule has 0 aromatic carbocycles. The summed E-state index contributed by atoms with van der Waals surface area (Å²) in [6.45, 7) is 8.38. The Morgan fingerprint density at radius 3 is 2.74 bits per heavy atom. The van der Waals surface area contributed by atoms with E-state index in [0.717, 1.165) is 48.4 Å². The molecule has 0 saturated heterocycles. The topological polar surface area (TPSA) is 44.1 Å². The van der Waals surface area contributed by atoms with Crippen LogP contribution in [0.15, 0.2) is 12.4 Å². The van der Waals surface area contributed by atoms with Gasteiger partial charge in [0.2, 0.25) is 0 Å². The third-order valence-corrected chi connectivity index (χ3v) is 10.7. The summed E-state index contributed by atoms with van der Waals surface area (Å²) in [4.78, 5) is 17.8. The summed E-state index contributed by atoms with van der Waals surface area (Å²) >= 11 is 0. The van der Waals surface area contributed by atoms with E-state index in [4.69, 9.17) is 4.74 Å². The molecule has 0 amide bonds. The fourth-order valence-electron chi connectivity index (χ4n) is 9.19.